The van der Waals surface area contributed by atoms with E-state index in [9.17, 15) is 15.0 Å². The number of fused-ring (bicyclic) bond motifs is 1. The fourth-order valence-corrected chi connectivity index (χ4v) is 5.94. The summed E-state index contributed by atoms with van der Waals surface area (Å²) in [7, 11) is 0. The molecule has 1 saturated heterocycles. The van der Waals surface area contributed by atoms with Crippen molar-refractivity contribution in [2.75, 3.05) is 30.3 Å². The molecule has 1 aliphatic rings. The highest BCUT2D eigenvalue weighted by molar-refractivity contribution is 7.21. The van der Waals surface area contributed by atoms with Gasteiger partial charge in [-0.1, -0.05) is 25.5 Å². The Balaban J connectivity index is 1.20. The second-order valence-electron chi connectivity index (χ2n) is 9.47. The molecule has 0 spiro atoms. The molecule has 1 aliphatic heterocycles. The number of nitrogen functional groups attached to an aromatic ring is 1. The topological polar surface area (TPSA) is 130 Å². The predicted molar refractivity (Wildman–Crippen MR) is 147 cm³/mol. The van der Waals surface area contributed by atoms with E-state index < -0.39 is 12.1 Å². The number of nitrogens with zero attached hydrogens (tertiary/aromatic N) is 4. The standard InChI is InChI=1S/C27H32N6O3S/c1-2-3-18-14-22(31-26-23(18)24(28)25(37-26)27(35)36)32-11-8-19(9-12-32)30-15-21(34)17-4-6-20(7-5-17)33-13-10-29-16-33/h4-7,10,13-14,16,19,21,30,34H,2-3,8-9,11-12,15,28H2,1H3,(H,35,36). The molecule has 0 saturated carbocycles. The van der Waals surface area contributed by atoms with E-state index in [-0.39, 0.29) is 4.88 Å². The monoisotopic (exact) mass is 520 g/mol. The van der Waals surface area contributed by atoms with Gasteiger partial charge in [-0.05, 0) is 48.6 Å². The van der Waals surface area contributed by atoms with E-state index in [1.165, 1.54) is 0 Å². The van der Waals surface area contributed by atoms with E-state index in [2.05, 4.69) is 28.2 Å². The van der Waals surface area contributed by atoms with E-state index in [4.69, 9.17) is 10.7 Å². The first-order valence-electron chi connectivity index (χ1n) is 12.6. The maximum absolute atomic E-state index is 11.6. The number of hydrogen-bond acceptors (Lipinski definition) is 8. The second-order valence-corrected chi connectivity index (χ2v) is 10.5. The Kier molecular flexibility index (Phi) is 7.40. The molecule has 0 radical (unpaired) electrons. The number of thiophene rings is 1. The Morgan fingerprint density at radius 2 is 2.03 bits per heavy atom. The fourth-order valence-electron chi connectivity index (χ4n) is 4.96. The zero-order chi connectivity index (χ0) is 25.9. The third-order valence-corrected chi connectivity index (χ3v) is 8.07. The van der Waals surface area contributed by atoms with Crippen LogP contribution in [-0.4, -0.2) is 56.4 Å². The molecule has 4 aromatic rings. The summed E-state index contributed by atoms with van der Waals surface area (Å²) in [6, 6.07) is 10.3. The lowest BCUT2D eigenvalue weighted by Crippen LogP contribution is -2.44. The first-order valence-corrected chi connectivity index (χ1v) is 13.5. The molecular weight excluding hydrogens is 488 g/mol. The van der Waals surface area contributed by atoms with Gasteiger partial charge in [-0.2, -0.15) is 0 Å². The number of aryl methyl sites for hydroxylation is 1. The van der Waals surface area contributed by atoms with Crippen molar-refractivity contribution in [1.29, 1.82) is 0 Å². The normalized spacial score (nSPS) is 15.4. The number of carboxylic acids is 1. The molecule has 10 heteroatoms. The second kappa shape index (κ2) is 10.9. The summed E-state index contributed by atoms with van der Waals surface area (Å²) in [5.74, 6) is -0.127. The first kappa shape index (κ1) is 25.2. The van der Waals surface area contributed by atoms with Crippen LogP contribution in [-0.2, 0) is 6.42 Å². The quantitative estimate of drug-likeness (QED) is 0.261. The zero-order valence-corrected chi connectivity index (χ0v) is 21.6. The van der Waals surface area contributed by atoms with Crippen molar-refractivity contribution in [1.82, 2.24) is 19.9 Å². The van der Waals surface area contributed by atoms with Crippen molar-refractivity contribution >= 4 is 39.0 Å². The van der Waals surface area contributed by atoms with Crippen LogP contribution in [0.5, 0.6) is 0 Å². The summed E-state index contributed by atoms with van der Waals surface area (Å²) in [5.41, 5.74) is 9.47. The Morgan fingerprint density at radius 1 is 1.27 bits per heavy atom. The number of benzene rings is 1. The number of anilines is 2. The molecule has 4 heterocycles. The number of imidazole rings is 1. The number of rotatable bonds is 9. The summed E-state index contributed by atoms with van der Waals surface area (Å²) >= 11 is 1.15. The van der Waals surface area contributed by atoms with Crippen molar-refractivity contribution in [2.24, 2.45) is 0 Å². The van der Waals surface area contributed by atoms with Crippen LogP contribution in [0, 0.1) is 0 Å². The minimum absolute atomic E-state index is 0.162. The largest absolute Gasteiger partial charge is 0.477 e. The van der Waals surface area contributed by atoms with Gasteiger partial charge in [0.1, 0.15) is 15.5 Å². The van der Waals surface area contributed by atoms with Gasteiger partial charge in [0.25, 0.3) is 0 Å². The lowest BCUT2D eigenvalue weighted by molar-refractivity contribution is 0.0703. The van der Waals surface area contributed by atoms with E-state index in [1.807, 2.05) is 35.0 Å². The summed E-state index contributed by atoms with van der Waals surface area (Å²) in [6.45, 7) is 4.27. The molecule has 1 aromatic carbocycles. The lowest BCUT2D eigenvalue weighted by atomic mass is 10.0. The van der Waals surface area contributed by atoms with E-state index in [0.717, 1.165) is 78.1 Å². The highest BCUT2D eigenvalue weighted by Gasteiger charge is 2.24. The molecule has 1 fully saturated rings. The minimum Gasteiger partial charge on any atom is -0.477 e. The third-order valence-electron chi connectivity index (χ3n) is 6.98. The van der Waals surface area contributed by atoms with Crippen LogP contribution in [0.4, 0.5) is 11.5 Å². The van der Waals surface area contributed by atoms with E-state index in [1.54, 1.807) is 12.5 Å². The highest BCUT2D eigenvalue weighted by atomic mass is 32.1. The van der Waals surface area contributed by atoms with Gasteiger partial charge in [0.2, 0.25) is 0 Å². The molecular formula is C27H32N6O3S. The molecule has 1 atom stereocenters. The Bertz CT molecular complexity index is 1360. The number of piperidine rings is 1. The molecule has 0 bridgehead atoms. The van der Waals surface area contributed by atoms with Crippen LogP contribution < -0.4 is 16.0 Å². The molecule has 5 rings (SSSR count). The number of nitrogens with two attached hydrogens (primary N) is 1. The van der Waals surface area contributed by atoms with Gasteiger partial charge in [0.05, 0.1) is 18.1 Å². The molecule has 0 aliphatic carbocycles. The van der Waals surface area contributed by atoms with Crippen LogP contribution >= 0.6 is 11.3 Å². The molecule has 5 N–H and O–H groups in total. The van der Waals surface area contributed by atoms with Gasteiger partial charge in [-0.25, -0.2) is 14.8 Å². The number of hydrogen-bond donors (Lipinski definition) is 4. The van der Waals surface area contributed by atoms with Gasteiger partial charge in [0, 0.05) is 49.1 Å². The first-order chi connectivity index (χ1) is 17.9. The van der Waals surface area contributed by atoms with Crippen LogP contribution in [0.25, 0.3) is 15.9 Å². The van der Waals surface area contributed by atoms with Crippen LogP contribution in [0.15, 0.2) is 49.1 Å². The molecule has 0 amide bonds. The van der Waals surface area contributed by atoms with Gasteiger partial charge in [-0.15, -0.1) is 11.3 Å². The fraction of sp³-hybridized carbons (Fsp3) is 0.370. The summed E-state index contributed by atoms with van der Waals surface area (Å²) < 4.78 is 1.93. The van der Waals surface area contributed by atoms with Crippen molar-refractivity contribution in [3.05, 3.63) is 65.1 Å². The number of pyridine rings is 1. The van der Waals surface area contributed by atoms with Crippen LogP contribution in [0.2, 0.25) is 0 Å². The summed E-state index contributed by atoms with van der Waals surface area (Å²) in [6.07, 6.45) is 8.43. The third kappa shape index (κ3) is 5.31. The number of aromatic carboxylic acids is 1. The predicted octanol–water partition coefficient (Wildman–Crippen LogP) is 4.01. The highest BCUT2D eigenvalue weighted by Crippen LogP contribution is 2.37. The van der Waals surface area contributed by atoms with E-state index >= 15 is 0 Å². The van der Waals surface area contributed by atoms with Crippen LogP contribution in [0.3, 0.4) is 0 Å². The maximum Gasteiger partial charge on any atom is 0.348 e. The zero-order valence-electron chi connectivity index (χ0n) is 20.8. The van der Waals surface area contributed by atoms with Crippen molar-refractivity contribution in [3.8, 4) is 5.69 Å². The minimum atomic E-state index is -1.01. The number of aromatic nitrogens is 3. The maximum atomic E-state index is 11.6. The van der Waals surface area contributed by atoms with Crippen LogP contribution in [0.1, 0.15) is 53.1 Å². The Hall–Kier alpha value is -3.47. The molecule has 9 nitrogen and oxygen atoms in total. The van der Waals surface area contributed by atoms with Gasteiger partial charge in [0.15, 0.2) is 0 Å². The molecule has 37 heavy (non-hydrogen) atoms. The number of carboxylic acid groups (broad SMARTS) is 1. The number of carbonyl (C=O) groups is 1. The van der Waals surface area contributed by atoms with Crippen molar-refractivity contribution < 1.29 is 15.0 Å². The molecule has 194 valence electrons. The number of aliphatic hydroxyl groups is 1. The average molecular weight is 521 g/mol. The van der Waals surface area contributed by atoms with Gasteiger partial charge >= 0.3 is 5.97 Å². The Labute approximate surface area is 219 Å². The number of nitrogens with one attached hydrogen (secondary N) is 1. The Morgan fingerprint density at radius 3 is 2.68 bits per heavy atom. The van der Waals surface area contributed by atoms with E-state index in [0.29, 0.717) is 23.1 Å². The lowest BCUT2D eigenvalue weighted by Gasteiger charge is -2.34. The van der Waals surface area contributed by atoms with Crippen molar-refractivity contribution in [2.45, 2.75) is 44.8 Å². The van der Waals surface area contributed by atoms with Crippen molar-refractivity contribution in [3.63, 3.8) is 0 Å². The summed E-state index contributed by atoms with van der Waals surface area (Å²) in [5, 5.41) is 24.5. The summed E-state index contributed by atoms with van der Waals surface area (Å²) in [4.78, 5) is 23.6. The number of aliphatic hydroxyl groups excluding tert-OH is 1. The van der Waals surface area contributed by atoms with Gasteiger partial charge < -0.3 is 30.7 Å². The molecule has 3 aromatic heterocycles. The SMILES string of the molecule is CCCc1cc(N2CCC(NCC(O)c3ccc(-n4ccnc4)cc3)CC2)nc2sc(C(=O)O)c(N)c12. The molecule has 1 unspecified atom stereocenters. The average Bonchev–Trinajstić information content (AvgIpc) is 3.56. The smallest absolute Gasteiger partial charge is 0.348 e. The van der Waals surface area contributed by atoms with Gasteiger partial charge in [-0.3, -0.25) is 0 Å².